The molecule has 0 aliphatic carbocycles. The number of piperidine rings is 1. The molecule has 1 saturated heterocycles. The van der Waals surface area contributed by atoms with Crippen molar-refractivity contribution in [3.05, 3.63) is 52.2 Å². The molecule has 1 aliphatic heterocycles. The first-order chi connectivity index (χ1) is 16.0. The molecule has 3 heterocycles. The highest BCUT2D eigenvalue weighted by Gasteiger charge is 2.28. The van der Waals surface area contributed by atoms with Gasteiger partial charge in [-0.2, -0.15) is 0 Å². The number of nitrogens with one attached hydrogen (secondary N) is 1. The number of thiazole rings is 1. The highest BCUT2D eigenvalue weighted by atomic mass is 32.1. The van der Waals surface area contributed by atoms with E-state index in [0.717, 1.165) is 23.4 Å². The number of methoxy groups -OCH3 is 2. The van der Waals surface area contributed by atoms with Crippen LogP contribution in [0, 0.1) is 0 Å². The number of hydrogen-bond acceptors (Lipinski definition) is 8. The number of benzene rings is 1. The van der Waals surface area contributed by atoms with Gasteiger partial charge in [-0.3, -0.25) is 9.59 Å². The number of likely N-dealkylation sites (tertiary alicyclic amines) is 1. The first kappa shape index (κ1) is 22.9. The Morgan fingerprint density at radius 1 is 1.30 bits per heavy atom. The average Bonchev–Trinajstić information content (AvgIpc) is 3.54. The van der Waals surface area contributed by atoms with Crippen molar-refractivity contribution in [1.29, 1.82) is 0 Å². The van der Waals surface area contributed by atoms with Crippen molar-refractivity contribution in [2.45, 2.75) is 31.9 Å². The summed E-state index contributed by atoms with van der Waals surface area (Å²) in [7, 11) is 3.20. The minimum Gasteiger partial charge on any atom is -0.497 e. The Hall–Kier alpha value is -3.24. The minimum atomic E-state index is -0.357. The van der Waals surface area contributed by atoms with E-state index in [1.54, 1.807) is 31.4 Å². The van der Waals surface area contributed by atoms with E-state index in [1.807, 2.05) is 31.2 Å². The monoisotopic (exact) mass is 470 g/mol. The van der Waals surface area contributed by atoms with E-state index in [-0.39, 0.29) is 29.7 Å². The maximum Gasteiger partial charge on any atom is 0.290 e. The van der Waals surface area contributed by atoms with E-state index in [9.17, 15) is 9.59 Å². The number of hydrogen-bond donors (Lipinski definition) is 1. The van der Waals surface area contributed by atoms with E-state index in [0.29, 0.717) is 29.4 Å². The second-order valence-electron chi connectivity index (χ2n) is 7.81. The van der Waals surface area contributed by atoms with Crippen LogP contribution in [0.25, 0.3) is 11.3 Å². The van der Waals surface area contributed by atoms with Crippen LogP contribution in [0.4, 0.5) is 0 Å². The Morgan fingerprint density at radius 3 is 2.94 bits per heavy atom. The van der Waals surface area contributed by atoms with Crippen molar-refractivity contribution in [3.63, 3.8) is 0 Å². The van der Waals surface area contributed by atoms with Crippen molar-refractivity contribution in [3.8, 4) is 17.0 Å². The van der Waals surface area contributed by atoms with Gasteiger partial charge in [0.05, 0.1) is 13.3 Å². The molecule has 2 atom stereocenters. The lowest BCUT2D eigenvalue weighted by molar-refractivity contribution is 0.0675. The van der Waals surface area contributed by atoms with Crippen LogP contribution < -0.4 is 10.1 Å². The van der Waals surface area contributed by atoms with Crippen molar-refractivity contribution in [1.82, 2.24) is 20.4 Å². The molecular weight excluding hydrogens is 444 g/mol. The van der Waals surface area contributed by atoms with Gasteiger partial charge in [0.1, 0.15) is 27.4 Å². The molecule has 0 spiro atoms. The Bertz CT molecular complexity index is 1130. The zero-order valence-electron chi connectivity index (χ0n) is 18.7. The van der Waals surface area contributed by atoms with Crippen LogP contribution >= 0.6 is 11.3 Å². The fourth-order valence-electron chi connectivity index (χ4n) is 3.67. The van der Waals surface area contributed by atoms with Crippen LogP contribution in [0.1, 0.15) is 51.1 Å². The molecule has 3 aromatic rings. The fourth-order valence-corrected chi connectivity index (χ4v) is 4.58. The van der Waals surface area contributed by atoms with E-state index in [4.69, 9.17) is 14.0 Å². The van der Waals surface area contributed by atoms with E-state index < -0.39 is 0 Å². The summed E-state index contributed by atoms with van der Waals surface area (Å²) < 4.78 is 15.8. The topological polar surface area (TPSA) is 107 Å². The van der Waals surface area contributed by atoms with Crippen molar-refractivity contribution in [2.24, 2.45) is 0 Å². The molecule has 2 aromatic heterocycles. The summed E-state index contributed by atoms with van der Waals surface area (Å²) in [6.07, 6.45) is 3.01. The quantitative estimate of drug-likeness (QED) is 0.563. The molecule has 1 aliphatic rings. The van der Waals surface area contributed by atoms with E-state index in [2.05, 4.69) is 15.5 Å². The van der Waals surface area contributed by atoms with Crippen LogP contribution in [0.2, 0.25) is 0 Å². The average molecular weight is 471 g/mol. The first-order valence-electron chi connectivity index (χ1n) is 10.7. The number of carbonyl (C=O) groups excluding carboxylic acids is 2. The SMILES string of the molecule is COc1cccc(-c2cc(C(=O)NC3CCCN(C(=O)c4cnc(C(C)OC)s4)C3)on2)c1. The number of amides is 2. The molecule has 0 saturated carbocycles. The van der Waals surface area contributed by atoms with Gasteiger partial charge >= 0.3 is 0 Å². The largest absolute Gasteiger partial charge is 0.497 e. The Balaban J connectivity index is 1.38. The van der Waals surface area contributed by atoms with Gasteiger partial charge in [-0.05, 0) is 31.9 Å². The Kier molecular flexibility index (Phi) is 7.05. The number of rotatable bonds is 7. The molecule has 1 aromatic carbocycles. The third kappa shape index (κ3) is 5.23. The summed E-state index contributed by atoms with van der Waals surface area (Å²) in [5.74, 6) is 0.376. The minimum absolute atomic E-state index is 0.0824. The molecule has 1 N–H and O–H groups in total. The predicted molar refractivity (Wildman–Crippen MR) is 122 cm³/mol. The molecule has 33 heavy (non-hydrogen) atoms. The summed E-state index contributed by atoms with van der Waals surface area (Å²) in [6, 6.07) is 8.79. The van der Waals surface area contributed by atoms with Gasteiger partial charge in [-0.15, -0.1) is 11.3 Å². The second kappa shape index (κ2) is 10.1. The predicted octanol–water partition coefficient (Wildman–Crippen LogP) is 3.55. The van der Waals surface area contributed by atoms with Crippen molar-refractivity contribution < 1.29 is 23.6 Å². The maximum atomic E-state index is 12.9. The van der Waals surface area contributed by atoms with Gasteiger partial charge in [0.25, 0.3) is 11.8 Å². The molecule has 0 radical (unpaired) electrons. The lowest BCUT2D eigenvalue weighted by atomic mass is 10.1. The summed E-state index contributed by atoms with van der Waals surface area (Å²) in [4.78, 5) is 32.3. The molecule has 2 amide bonds. The highest BCUT2D eigenvalue weighted by molar-refractivity contribution is 7.13. The fraction of sp³-hybridized carbons (Fsp3) is 0.391. The zero-order valence-corrected chi connectivity index (χ0v) is 19.6. The van der Waals surface area contributed by atoms with Crippen molar-refractivity contribution >= 4 is 23.2 Å². The van der Waals surface area contributed by atoms with Crippen LogP contribution in [-0.4, -0.2) is 60.2 Å². The zero-order chi connectivity index (χ0) is 23.4. The number of nitrogens with zero attached hydrogens (tertiary/aromatic N) is 3. The van der Waals surface area contributed by atoms with Crippen LogP contribution in [-0.2, 0) is 4.74 Å². The molecule has 4 rings (SSSR count). The summed E-state index contributed by atoms with van der Waals surface area (Å²) in [5.41, 5.74) is 1.34. The van der Waals surface area contributed by atoms with Gasteiger partial charge in [0, 0.05) is 37.9 Å². The van der Waals surface area contributed by atoms with Crippen LogP contribution in [0.15, 0.2) is 41.1 Å². The molecule has 2 unspecified atom stereocenters. The second-order valence-corrected chi connectivity index (χ2v) is 8.88. The van der Waals surface area contributed by atoms with E-state index >= 15 is 0 Å². The van der Waals surface area contributed by atoms with Crippen LogP contribution in [0.3, 0.4) is 0 Å². The van der Waals surface area contributed by atoms with Gasteiger partial charge in [-0.1, -0.05) is 17.3 Å². The Morgan fingerprint density at radius 2 is 2.15 bits per heavy atom. The highest BCUT2D eigenvalue weighted by Crippen LogP contribution is 2.25. The number of carbonyl (C=O) groups is 2. The lowest BCUT2D eigenvalue weighted by Gasteiger charge is -2.32. The Labute approximate surface area is 195 Å². The summed E-state index contributed by atoms with van der Waals surface area (Å²) >= 11 is 1.34. The molecule has 174 valence electrons. The molecule has 10 heteroatoms. The normalized spacial score (nSPS) is 16.9. The number of ether oxygens (including phenoxy) is 2. The molecule has 9 nitrogen and oxygen atoms in total. The third-order valence-corrected chi connectivity index (χ3v) is 6.73. The standard InChI is InChI=1S/C23H26N4O5S/c1-14(30-2)22-24-12-20(33-22)23(29)27-9-5-7-16(13-27)25-21(28)19-11-18(26-32-19)15-6-4-8-17(10-15)31-3/h4,6,8,10-12,14,16H,5,7,9,13H2,1-3H3,(H,25,28). The third-order valence-electron chi connectivity index (χ3n) is 5.58. The van der Waals surface area contributed by atoms with Crippen molar-refractivity contribution in [2.75, 3.05) is 27.3 Å². The molecule has 1 fully saturated rings. The smallest absolute Gasteiger partial charge is 0.290 e. The molecular formula is C23H26N4O5S. The molecule has 0 bridgehead atoms. The first-order valence-corrected chi connectivity index (χ1v) is 11.5. The van der Waals surface area contributed by atoms with E-state index in [1.165, 1.54) is 11.3 Å². The van der Waals surface area contributed by atoms with Gasteiger partial charge in [0.15, 0.2) is 0 Å². The number of aromatic nitrogens is 2. The van der Waals surface area contributed by atoms with Gasteiger partial charge in [0.2, 0.25) is 5.76 Å². The lowest BCUT2D eigenvalue weighted by Crippen LogP contribution is -2.49. The summed E-state index contributed by atoms with van der Waals surface area (Å²) in [5, 5.41) is 7.74. The summed E-state index contributed by atoms with van der Waals surface area (Å²) in [6.45, 7) is 2.96. The maximum absolute atomic E-state index is 12.9. The van der Waals surface area contributed by atoms with Gasteiger partial charge < -0.3 is 24.2 Å². The van der Waals surface area contributed by atoms with Crippen LogP contribution in [0.5, 0.6) is 5.75 Å². The van der Waals surface area contributed by atoms with Gasteiger partial charge in [-0.25, -0.2) is 4.98 Å².